The van der Waals surface area contributed by atoms with Crippen molar-refractivity contribution in [2.24, 2.45) is 5.92 Å². The van der Waals surface area contributed by atoms with Gasteiger partial charge in [-0.1, -0.05) is 32.0 Å². The van der Waals surface area contributed by atoms with E-state index in [1.807, 2.05) is 26.0 Å². The van der Waals surface area contributed by atoms with Gasteiger partial charge in [-0.05, 0) is 19.9 Å². The maximum absolute atomic E-state index is 12.4. The van der Waals surface area contributed by atoms with Crippen molar-refractivity contribution in [2.75, 3.05) is 6.61 Å². The molecule has 0 fully saturated rings. The monoisotopic (exact) mass is 264 g/mol. The molecule has 104 valence electrons. The van der Waals surface area contributed by atoms with Gasteiger partial charge in [0.15, 0.2) is 0 Å². The lowest BCUT2D eigenvalue weighted by Gasteiger charge is -2.39. The van der Waals surface area contributed by atoms with Gasteiger partial charge in [0.1, 0.15) is 11.4 Å². The summed E-state index contributed by atoms with van der Waals surface area (Å²) in [4.78, 5) is 12.4. The molecule has 1 aliphatic heterocycles. The average molecular weight is 264 g/mol. The number of benzene rings is 1. The van der Waals surface area contributed by atoms with Crippen molar-refractivity contribution in [3.8, 4) is 5.75 Å². The van der Waals surface area contributed by atoms with Crippen LogP contribution in [0.1, 0.15) is 33.3 Å². The third kappa shape index (κ3) is 1.74. The first-order chi connectivity index (χ1) is 8.88. The van der Waals surface area contributed by atoms with Crippen LogP contribution in [0.5, 0.6) is 5.75 Å². The first kappa shape index (κ1) is 13.9. The van der Waals surface area contributed by atoms with Gasteiger partial charge in [0.2, 0.25) is 5.60 Å². The lowest BCUT2D eigenvalue weighted by Crippen LogP contribution is -2.60. The molecule has 0 saturated heterocycles. The fourth-order valence-electron chi connectivity index (χ4n) is 2.83. The Kier molecular flexibility index (Phi) is 3.31. The minimum atomic E-state index is -1.41. The second kappa shape index (κ2) is 4.53. The lowest BCUT2D eigenvalue weighted by molar-refractivity contribution is -0.191. The van der Waals surface area contributed by atoms with Crippen molar-refractivity contribution in [3.05, 3.63) is 29.8 Å². The smallest absolute Gasteiger partial charge is 0.354 e. The number of para-hydroxylation sites is 1. The van der Waals surface area contributed by atoms with Crippen molar-refractivity contribution in [1.29, 1.82) is 0 Å². The predicted molar refractivity (Wildman–Crippen MR) is 70.8 cm³/mol. The standard InChI is InChI=1S/C15H20O4/c1-5-18-13(16)15(10(2)3)14(4,17)11-8-6-7-9-12(11)19-15/h6-10,17H,5H2,1-4H3. The van der Waals surface area contributed by atoms with Crippen molar-refractivity contribution in [3.63, 3.8) is 0 Å². The van der Waals surface area contributed by atoms with Crippen LogP contribution in [0.3, 0.4) is 0 Å². The molecule has 2 unspecified atom stereocenters. The first-order valence-electron chi connectivity index (χ1n) is 6.56. The van der Waals surface area contributed by atoms with Crippen LogP contribution >= 0.6 is 0 Å². The fourth-order valence-corrected chi connectivity index (χ4v) is 2.83. The van der Waals surface area contributed by atoms with Gasteiger partial charge in [-0.2, -0.15) is 0 Å². The molecular formula is C15H20O4. The van der Waals surface area contributed by atoms with E-state index in [0.29, 0.717) is 11.3 Å². The zero-order valence-electron chi connectivity index (χ0n) is 11.8. The predicted octanol–water partition coefficient (Wildman–Crippen LogP) is 2.24. The van der Waals surface area contributed by atoms with E-state index in [1.165, 1.54) is 0 Å². The van der Waals surface area contributed by atoms with Crippen LogP contribution < -0.4 is 4.74 Å². The van der Waals surface area contributed by atoms with E-state index in [-0.39, 0.29) is 12.5 Å². The van der Waals surface area contributed by atoms with E-state index in [0.717, 1.165) is 0 Å². The molecule has 0 spiro atoms. The number of hydrogen-bond acceptors (Lipinski definition) is 4. The molecule has 2 atom stereocenters. The Morgan fingerprint density at radius 1 is 1.42 bits per heavy atom. The molecular weight excluding hydrogens is 244 g/mol. The Labute approximate surface area is 113 Å². The highest BCUT2D eigenvalue weighted by molar-refractivity contribution is 5.84. The zero-order valence-corrected chi connectivity index (χ0v) is 11.8. The SMILES string of the molecule is CCOC(=O)C1(C(C)C)Oc2ccccc2C1(C)O. The molecule has 0 bridgehead atoms. The molecule has 1 heterocycles. The molecule has 0 aromatic heterocycles. The summed E-state index contributed by atoms with van der Waals surface area (Å²) in [5.74, 6) is -0.214. The normalized spacial score (nSPS) is 28.9. The van der Waals surface area contributed by atoms with Crippen LogP contribution in [-0.4, -0.2) is 23.3 Å². The van der Waals surface area contributed by atoms with Gasteiger partial charge in [0.05, 0.1) is 6.61 Å². The van der Waals surface area contributed by atoms with Gasteiger partial charge < -0.3 is 14.6 Å². The zero-order chi connectivity index (χ0) is 14.3. The van der Waals surface area contributed by atoms with Crippen LogP contribution in [0, 0.1) is 5.92 Å². The number of fused-ring (bicyclic) bond motifs is 1. The molecule has 2 rings (SSSR count). The minimum Gasteiger partial charge on any atom is -0.471 e. The summed E-state index contributed by atoms with van der Waals surface area (Å²) < 4.78 is 11.0. The number of rotatable bonds is 3. The highest BCUT2D eigenvalue weighted by Gasteiger charge is 2.64. The van der Waals surface area contributed by atoms with Crippen molar-refractivity contribution < 1.29 is 19.4 Å². The molecule has 4 nitrogen and oxygen atoms in total. The maximum atomic E-state index is 12.4. The number of carbonyl (C=O) groups excluding carboxylic acids is 1. The van der Waals surface area contributed by atoms with Gasteiger partial charge in [0, 0.05) is 11.5 Å². The average Bonchev–Trinajstić information content (AvgIpc) is 2.59. The molecule has 0 radical (unpaired) electrons. The molecule has 0 saturated carbocycles. The van der Waals surface area contributed by atoms with Crippen LogP contribution in [0.25, 0.3) is 0 Å². The summed E-state index contributed by atoms with van der Waals surface area (Å²) in [7, 11) is 0. The van der Waals surface area contributed by atoms with Gasteiger partial charge in [-0.25, -0.2) is 4.79 Å². The Balaban J connectivity index is 2.57. The second-order valence-electron chi connectivity index (χ2n) is 5.28. The molecule has 1 N–H and O–H groups in total. The number of esters is 1. The summed E-state index contributed by atoms with van der Waals surface area (Å²) >= 11 is 0. The highest BCUT2D eigenvalue weighted by Crippen LogP contribution is 2.51. The van der Waals surface area contributed by atoms with E-state index < -0.39 is 17.2 Å². The number of carbonyl (C=O) groups is 1. The van der Waals surface area contributed by atoms with Crippen LogP contribution in [-0.2, 0) is 15.1 Å². The Morgan fingerprint density at radius 3 is 2.58 bits per heavy atom. The molecule has 4 heteroatoms. The van der Waals surface area contributed by atoms with E-state index in [2.05, 4.69) is 0 Å². The lowest BCUT2D eigenvalue weighted by atomic mass is 9.74. The van der Waals surface area contributed by atoms with Gasteiger partial charge in [-0.15, -0.1) is 0 Å². The quantitative estimate of drug-likeness (QED) is 0.851. The third-order valence-corrected chi connectivity index (χ3v) is 3.80. The van der Waals surface area contributed by atoms with Crippen molar-refractivity contribution >= 4 is 5.97 Å². The second-order valence-corrected chi connectivity index (χ2v) is 5.28. The van der Waals surface area contributed by atoms with Crippen LogP contribution in [0.4, 0.5) is 0 Å². The molecule has 19 heavy (non-hydrogen) atoms. The molecule has 0 aliphatic carbocycles. The van der Waals surface area contributed by atoms with E-state index >= 15 is 0 Å². The maximum Gasteiger partial charge on any atom is 0.354 e. The number of aliphatic hydroxyl groups is 1. The summed E-state index contributed by atoms with van der Waals surface area (Å²) in [6.45, 7) is 7.29. The van der Waals surface area contributed by atoms with Gasteiger partial charge in [-0.3, -0.25) is 0 Å². The van der Waals surface area contributed by atoms with Crippen LogP contribution in [0.15, 0.2) is 24.3 Å². The van der Waals surface area contributed by atoms with E-state index in [4.69, 9.17) is 9.47 Å². The molecule has 1 aliphatic rings. The van der Waals surface area contributed by atoms with Crippen molar-refractivity contribution in [2.45, 2.75) is 38.9 Å². The summed E-state index contributed by atoms with van der Waals surface area (Å²) in [5.41, 5.74) is -2.19. The minimum absolute atomic E-state index is 0.228. The summed E-state index contributed by atoms with van der Waals surface area (Å²) in [5, 5.41) is 10.9. The Bertz CT molecular complexity index is 493. The Morgan fingerprint density at radius 2 is 2.05 bits per heavy atom. The largest absolute Gasteiger partial charge is 0.471 e. The van der Waals surface area contributed by atoms with Crippen molar-refractivity contribution in [1.82, 2.24) is 0 Å². The topological polar surface area (TPSA) is 55.8 Å². The molecule has 1 aromatic rings. The highest BCUT2D eigenvalue weighted by atomic mass is 16.6. The fraction of sp³-hybridized carbons (Fsp3) is 0.533. The first-order valence-corrected chi connectivity index (χ1v) is 6.56. The Hall–Kier alpha value is -1.55. The number of ether oxygens (including phenoxy) is 2. The van der Waals surface area contributed by atoms with E-state index in [1.54, 1.807) is 26.0 Å². The van der Waals surface area contributed by atoms with Gasteiger partial charge >= 0.3 is 5.97 Å². The van der Waals surface area contributed by atoms with Gasteiger partial charge in [0.25, 0.3) is 0 Å². The summed E-state index contributed by atoms with van der Waals surface area (Å²) in [6.07, 6.45) is 0. The third-order valence-electron chi connectivity index (χ3n) is 3.80. The van der Waals surface area contributed by atoms with Crippen LogP contribution in [0.2, 0.25) is 0 Å². The number of hydrogen-bond donors (Lipinski definition) is 1. The molecule has 0 amide bonds. The molecule has 1 aromatic carbocycles. The van der Waals surface area contributed by atoms with E-state index in [9.17, 15) is 9.90 Å². The summed E-state index contributed by atoms with van der Waals surface area (Å²) in [6, 6.07) is 7.17.